The Balaban J connectivity index is 1.52. The summed E-state index contributed by atoms with van der Waals surface area (Å²) in [4.78, 5) is 16.6. The topological polar surface area (TPSA) is 75.0 Å². The number of nitrogens with zero attached hydrogens (tertiary/aromatic N) is 3. The van der Waals surface area contributed by atoms with Crippen LogP contribution in [0.25, 0.3) is 22.4 Å². The third-order valence-electron chi connectivity index (χ3n) is 3.74. The number of carbonyl (C=O) groups is 1. The number of amides is 1. The van der Waals surface area contributed by atoms with Crippen LogP contribution in [0.15, 0.2) is 40.1 Å². The number of para-hydroxylation sites is 1. The highest BCUT2D eigenvalue weighted by atomic mass is 32.2. The van der Waals surface area contributed by atoms with Crippen molar-refractivity contribution in [2.75, 3.05) is 12.4 Å². The highest BCUT2D eigenvalue weighted by molar-refractivity contribution is 7.99. The van der Waals surface area contributed by atoms with Crippen molar-refractivity contribution < 1.29 is 9.21 Å². The molecule has 1 N–H and O–H groups in total. The van der Waals surface area contributed by atoms with E-state index in [0.717, 1.165) is 29.4 Å². The van der Waals surface area contributed by atoms with Gasteiger partial charge in [0, 0.05) is 30.1 Å². The molecule has 6 nitrogen and oxygen atoms in total. The lowest BCUT2D eigenvalue weighted by atomic mass is 10.2. The first-order valence-electron chi connectivity index (χ1n) is 7.12. The molecule has 1 aliphatic rings. The number of nitrogens with one attached hydrogen (secondary N) is 1. The number of hydrogen-bond donors (Lipinski definition) is 1. The maximum Gasteiger partial charge on any atom is 0.278 e. The predicted octanol–water partition coefficient (Wildman–Crippen LogP) is 2.89. The SMILES string of the molecule is O=C1CCCN1CSc1nnc(-c2c[nH]c3ccccc23)o1. The highest BCUT2D eigenvalue weighted by Gasteiger charge is 2.21. The molecule has 7 heteroatoms. The fourth-order valence-corrected chi connectivity index (χ4v) is 3.37. The van der Waals surface area contributed by atoms with Crippen LogP contribution >= 0.6 is 11.8 Å². The molecular formula is C15H14N4O2S. The van der Waals surface area contributed by atoms with Gasteiger partial charge in [-0.25, -0.2) is 0 Å². The lowest BCUT2D eigenvalue weighted by Crippen LogP contribution is -2.23. The summed E-state index contributed by atoms with van der Waals surface area (Å²) in [7, 11) is 0. The summed E-state index contributed by atoms with van der Waals surface area (Å²) in [5.74, 6) is 1.26. The number of carbonyl (C=O) groups excluding carboxylic acids is 1. The molecule has 0 aliphatic carbocycles. The molecule has 0 spiro atoms. The molecule has 1 fully saturated rings. The molecular weight excluding hydrogens is 300 g/mol. The third kappa shape index (κ3) is 2.37. The van der Waals surface area contributed by atoms with Crippen LogP contribution in [0.5, 0.6) is 0 Å². The van der Waals surface area contributed by atoms with Crippen molar-refractivity contribution in [3.8, 4) is 11.5 Å². The summed E-state index contributed by atoms with van der Waals surface area (Å²) in [5, 5.41) is 9.71. The van der Waals surface area contributed by atoms with Crippen LogP contribution < -0.4 is 0 Å². The number of fused-ring (bicyclic) bond motifs is 1. The number of hydrogen-bond acceptors (Lipinski definition) is 5. The monoisotopic (exact) mass is 314 g/mol. The number of aromatic nitrogens is 3. The van der Waals surface area contributed by atoms with Crippen molar-refractivity contribution in [2.24, 2.45) is 0 Å². The summed E-state index contributed by atoms with van der Waals surface area (Å²) in [5.41, 5.74) is 1.93. The Morgan fingerprint density at radius 3 is 3.09 bits per heavy atom. The van der Waals surface area contributed by atoms with Crippen LogP contribution in [0.1, 0.15) is 12.8 Å². The Kier molecular flexibility index (Phi) is 3.34. The molecule has 3 heterocycles. The first-order chi connectivity index (χ1) is 10.8. The molecule has 1 saturated heterocycles. The van der Waals surface area contributed by atoms with Crippen LogP contribution in [0, 0.1) is 0 Å². The van der Waals surface area contributed by atoms with E-state index >= 15 is 0 Å². The van der Waals surface area contributed by atoms with Gasteiger partial charge in [0.2, 0.25) is 5.91 Å². The van der Waals surface area contributed by atoms with Gasteiger partial charge < -0.3 is 14.3 Å². The summed E-state index contributed by atoms with van der Waals surface area (Å²) >= 11 is 1.40. The zero-order valence-corrected chi connectivity index (χ0v) is 12.6. The number of thioether (sulfide) groups is 1. The number of rotatable bonds is 4. The van der Waals surface area contributed by atoms with Crippen LogP contribution in [-0.2, 0) is 4.79 Å². The Morgan fingerprint density at radius 1 is 1.32 bits per heavy atom. The summed E-state index contributed by atoms with van der Waals surface area (Å²) in [6.45, 7) is 0.815. The molecule has 3 aromatic rings. The first kappa shape index (κ1) is 13.4. The summed E-state index contributed by atoms with van der Waals surface area (Å²) in [6, 6.07) is 7.97. The molecule has 0 saturated carbocycles. The van der Waals surface area contributed by atoms with E-state index < -0.39 is 0 Å². The molecule has 0 unspecified atom stereocenters. The zero-order valence-electron chi connectivity index (χ0n) is 11.8. The first-order valence-corrected chi connectivity index (χ1v) is 8.10. The van der Waals surface area contributed by atoms with E-state index in [1.54, 1.807) is 0 Å². The predicted molar refractivity (Wildman–Crippen MR) is 83.3 cm³/mol. The normalized spacial score (nSPS) is 15.1. The van der Waals surface area contributed by atoms with Crippen molar-refractivity contribution in [1.29, 1.82) is 0 Å². The van der Waals surface area contributed by atoms with E-state index in [0.29, 0.717) is 23.4 Å². The van der Waals surface area contributed by atoms with E-state index in [9.17, 15) is 4.79 Å². The van der Waals surface area contributed by atoms with Crippen LogP contribution in [0.4, 0.5) is 0 Å². The summed E-state index contributed by atoms with van der Waals surface area (Å²) in [6.07, 6.45) is 3.45. The van der Waals surface area contributed by atoms with Gasteiger partial charge in [-0.1, -0.05) is 18.2 Å². The van der Waals surface area contributed by atoms with Gasteiger partial charge >= 0.3 is 0 Å². The second-order valence-corrected chi connectivity index (χ2v) is 6.05. The number of likely N-dealkylation sites (tertiary alicyclic amines) is 1. The average molecular weight is 314 g/mol. The fourth-order valence-electron chi connectivity index (χ4n) is 2.60. The van der Waals surface area contributed by atoms with Crippen LogP contribution in [0.3, 0.4) is 0 Å². The van der Waals surface area contributed by atoms with Crippen LogP contribution in [0.2, 0.25) is 0 Å². The van der Waals surface area contributed by atoms with Gasteiger partial charge in [-0.15, -0.1) is 10.2 Å². The van der Waals surface area contributed by atoms with Crippen molar-refractivity contribution in [3.63, 3.8) is 0 Å². The molecule has 4 rings (SSSR count). The second-order valence-electron chi connectivity index (χ2n) is 5.16. The molecule has 112 valence electrons. The van der Waals surface area contributed by atoms with Crippen LogP contribution in [-0.4, -0.2) is 38.4 Å². The van der Waals surface area contributed by atoms with E-state index in [4.69, 9.17) is 4.42 Å². The van der Waals surface area contributed by atoms with Gasteiger partial charge in [0.25, 0.3) is 11.1 Å². The standard InChI is InChI=1S/C15H14N4O2S/c20-13-6-3-7-19(13)9-22-15-18-17-14(21-15)11-8-16-12-5-2-1-4-10(11)12/h1-2,4-5,8,16H,3,6-7,9H2. The number of H-pyrrole nitrogens is 1. The molecule has 1 amide bonds. The maximum absolute atomic E-state index is 11.6. The van der Waals surface area contributed by atoms with Crippen molar-refractivity contribution >= 4 is 28.6 Å². The largest absolute Gasteiger partial charge is 0.411 e. The van der Waals surface area contributed by atoms with E-state index in [1.807, 2.05) is 35.4 Å². The minimum absolute atomic E-state index is 0.198. The van der Waals surface area contributed by atoms with Crippen molar-refractivity contribution in [2.45, 2.75) is 18.1 Å². The number of aromatic amines is 1. The van der Waals surface area contributed by atoms with E-state index in [2.05, 4.69) is 15.2 Å². The fraction of sp³-hybridized carbons (Fsp3) is 0.267. The van der Waals surface area contributed by atoms with Gasteiger partial charge in [-0.2, -0.15) is 0 Å². The lowest BCUT2D eigenvalue weighted by Gasteiger charge is -2.12. The van der Waals surface area contributed by atoms with Gasteiger partial charge in [-0.05, 0) is 24.2 Å². The molecule has 0 atom stereocenters. The van der Waals surface area contributed by atoms with E-state index in [-0.39, 0.29) is 5.91 Å². The molecule has 22 heavy (non-hydrogen) atoms. The molecule has 0 bridgehead atoms. The Bertz CT molecular complexity index is 826. The molecule has 2 aromatic heterocycles. The summed E-state index contributed by atoms with van der Waals surface area (Å²) < 4.78 is 5.71. The quantitative estimate of drug-likeness (QED) is 0.749. The Labute approximate surface area is 130 Å². The smallest absolute Gasteiger partial charge is 0.278 e. The number of benzene rings is 1. The maximum atomic E-state index is 11.6. The van der Waals surface area contributed by atoms with Crippen molar-refractivity contribution in [1.82, 2.24) is 20.1 Å². The molecule has 1 aromatic carbocycles. The van der Waals surface area contributed by atoms with Crippen molar-refractivity contribution in [3.05, 3.63) is 30.5 Å². The van der Waals surface area contributed by atoms with Gasteiger partial charge in [0.05, 0.1) is 11.4 Å². The molecule has 0 radical (unpaired) electrons. The highest BCUT2D eigenvalue weighted by Crippen LogP contribution is 2.29. The van der Waals surface area contributed by atoms with E-state index in [1.165, 1.54) is 11.8 Å². The molecule has 1 aliphatic heterocycles. The lowest BCUT2D eigenvalue weighted by molar-refractivity contribution is -0.126. The minimum Gasteiger partial charge on any atom is -0.411 e. The van der Waals surface area contributed by atoms with Gasteiger partial charge in [0.1, 0.15) is 0 Å². The second kappa shape index (κ2) is 5.49. The average Bonchev–Trinajstić information content (AvgIpc) is 3.24. The Morgan fingerprint density at radius 2 is 2.23 bits per heavy atom. The minimum atomic E-state index is 0.198. The zero-order chi connectivity index (χ0) is 14.9. The Hall–Kier alpha value is -2.28. The van der Waals surface area contributed by atoms with Gasteiger partial charge in [-0.3, -0.25) is 4.79 Å². The third-order valence-corrected chi connectivity index (χ3v) is 4.59. The van der Waals surface area contributed by atoms with Gasteiger partial charge in [0.15, 0.2) is 0 Å².